The number of rotatable bonds is 7. The van der Waals surface area contributed by atoms with Gasteiger partial charge in [0.15, 0.2) is 11.9 Å². The quantitative estimate of drug-likeness (QED) is 0.596. The van der Waals surface area contributed by atoms with E-state index in [4.69, 9.17) is 4.74 Å². The third-order valence-electron chi connectivity index (χ3n) is 4.70. The average molecular weight is 345 g/mol. The van der Waals surface area contributed by atoms with E-state index in [0.717, 1.165) is 6.42 Å². The summed E-state index contributed by atoms with van der Waals surface area (Å²) in [7, 11) is 0. The van der Waals surface area contributed by atoms with Crippen LogP contribution in [0.1, 0.15) is 69.2 Å². The molecule has 0 spiro atoms. The van der Waals surface area contributed by atoms with Crippen molar-refractivity contribution in [3.05, 3.63) is 29.8 Å². The first kappa shape index (κ1) is 19.2. The normalized spacial score (nSPS) is 16.1. The van der Waals surface area contributed by atoms with Crippen LogP contribution in [0.2, 0.25) is 0 Å². The number of esters is 1. The van der Waals surface area contributed by atoms with Crippen LogP contribution in [0.15, 0.2) is 24.3 Å². The van der Waals surface area contributed by atoms with Crippen LogP contribution in [-0.2, 0) is 14.3 Å². The zero-order valence-electron chi connectivity index (χ0n) is 15.0. The molecule has 0 saturated heterocycles. The van der Waals surface area contributed by atoms with E-state index in [1.807, 2.05) is 0 Å². The highest BCUT2D eigenvalue weighted by atomic mass is 16.5. The Labute approximate surface area is 149 Å². The zero-order valence-corrected chi connectivity index (χ0v) is 15.0. The standard InChI is InChI=1S/C20H27NO4/c1-14(22)17-9-6-10-18(13-17)21-20(24)15(2)25-19(23)12-11-16-7-4-3-5-8-16/h6,9-10,13,15-16H,3-5,7-8,11-12H2,1-2H3,(H,21,24)/t15-/m1/s1. The van der Waals surface area contributed by atoms with Crippen molar-refractivity contribution in [3.8, 4) is 0 Å². The van der Waals surface area contributed by atoms with Crippen molar-refractivity contribution in [2.24, 2.45) is 5.92 Å². The van der Waals surface area contributed by atoms with Gasteiger partial charge in [0.2, 0.25) is 0 Å². The SMILES string of the molecule is CC(=O)c1cccc(NC(=O)[C@@H](C)OC(=O)CCC2CCCCC2)c1. The molecule has 1 aliphatic rings. The Bertz CT molecular complexity index is 620. The third kappa shape index (κ3) is 6.33. The topological polar surface area (TPSA) is 72.5 Å². The second kappa shape index (κ2) is 9.35. The number of nitrogens with one attached hydrogen (secondary N) is 1. The Balaban J connectivity index is 1.78. The summed E-state index contributed by atoms with van der Waals surface area (Å²) in [6.07, 6.45) is 6.51. The van der Waals surface area contributed by atoms with Gasteiger partial charge in [-0.2, -0.15) is 0 Å². The van der Waals surface area contributed by atoms with Crippen molar-refractivity contribution in [2.45, 2.75) is 64.9 Å². The predicted octanol–water partition coefficient (Wildman–Crippen LogP) is 4.12. The predicted molar refractivity (Wildman–Crippen MR) is 96.4 cm³/mol. The van der Waals surface area contributed by atoms with Crippen LogP contribution < -0.4 is 5.32 Å². The molecule has 1 atom stereocenters. The molecular weight excluding hydrogens is 318 g/mol. The maximum atomic E-state index is 12.2. The van der Waals surface area contributed by atoms with Crippen molar-refractivity contribution in [1.82, 2.24) is 0 Å². The maximum Gasteiger partial charge on any atom is 0.306 e. The van der Waals surface area contributed by atoms with E-state index in [9.17, 15) is 14.4 Å². The van der Waals surface area contributed by atoms with Crippen LogP contribution in [0.5, 0.6) is 0 Å². The highest BCUT2D eigenvalue weighted by molar-refractivity contribution is 5.98. The summed E-state index contributed by atoms with van der Waals surface area (Å²) < 4.78 is 5.24. The number of Topliss-reactive ketones (excluding diaryl/α,β-unsaturated/α-hetero) is 1. The highest BCUT2D eigenvalue weighted by Crippen LogP contribution is 2.27. The maximum absolute atomic E-state index is 12.2. The van der Waals surface area contributed by atoms with Gasteiger partial charge < -0.3 is 10.1 Å². The molecule has 1 aliphatic carbocycles. The average Bonchev–Trinajstić information content (AvgIpc) is 2.61. The molecule has 2 rings (SSSR count). The van der Waals surface area contributed by atoms with E-state index < -0.39 is 12.0 Å². The summed E-state index contributed by atoms with van der Waals surface area (Å²) in [5, 5.41) is 2.68. The number of ether oxygens (including phenoxy) is 1. The summed E-state index contributed by atoms with van der Waals surface area (Å²) in [5.74, 6) is -0.185. The zero-order chi connectivity index (χ0) is 18.2. The minimum atomic E-state index is -0.861. The van der Waals surface area contributed by atoms with E-state index >= 15 is 0 Å². The van der Waals surface area contributed by atoms with E-state index in [1.54, 1.807) is 31.2 Å². The van der Waals surface area contributed by atoms with Crippen molar-refractivity contribution < 1.29 is 19.1 Å². The molecule has 25 heavy (non-hydrogen) atoms. The van der Waals surface area contributed by atoms with E-state index in [2.05, 4.69) is 5.32 Å². The molecule has 1 fully saturated rings. The highest BCUT2D eigenvalue weighted by Gasteiger charge is 2.20. The van der Waals surface area contributed by atoms with E-state index in [1.165, 1.54) is 39.0 Å². The Morgan fingerprint density at radius 2 is 1.92 bits per heavy atom. The van der Waals surface area contributed by atoms with Crippen LogP contribution in [0, 0.1) is 5.92 Å². The lowest BCUT2D eigenvalue weighted by molar-refractivity contribution is -0.153. The fraction of sp³-hybridized carbons (Fsp3) is 0.550. The fourth-order valence-corrected chi connectivity index (χ4v) is 3.17. The second-order valence-electron chi connectivity index (χ2n) is 6.80. The van der Waals surface area contributed by atoms with Gasteiger partial charge in [0, 0.05) is 17.7 Å². The Kier molecular flexibility index (Phi) is 7.16. The van der Waals surface area contributed by atoms with Gasteiger partial charge in [0.25, 0.3) is 5.91 Å². The monoisotopic (exact) mass is 345 g/mol. The molecule has 0 heterocycles. The van der Waals surface area contributed by atoms with Crippen LogP contribution in [0.25, 0.3) is 0 Å². The third-order valence-corrected chi connectivity index (χ3v) is 4.70. The summed E-state index contributed by atoms with van der Waals surface area (Å²) >= 11 is 0. The molecule has 136 valence electrons. The number of carbonyl (C=O) groups is 3. The molecule has 0 radical (unpaired) electrons. The minimum Gasteiger partial charge on any atom is -0.453 e. The first-order valence-electron chi connectivity index (χ1n) is 9.07. The first-order valence-corrected chi connectivity index (χ1v) is 9.07. The number of hydrogen-bond acceptors (Lipinski definition) is 4. The largest absolute Gasteiger partial charge is 0.453 e. The van der Waals surface area contributed by atoms with Gasteiger partial charge in [-0.05, 0) is 38.3 Å². The Morgan fingerprint density at radius 1 is 1.20 bits per heavy atom. The molecule has 1 saturated carbocycles. The number of benzene rings is 1. The van der Waals surface area contributed by atoms with Crippen molar-refractivity contribution in [1.29, 1.82) is 0 Å². The van der Waals surface area contributed by atoms with Crippen LogP contribution in [0.3, 0.4) is 0 Å². The van der Waals surface area contributed by atoms with Gasteiger partial charge in [-0.25, -0.2) is 0 Å². The van der Waals surface area contributed by atoms with E-state index in [-0.39, 0.29) is 11.8 Å². The fourth-order valence-electron chi connectivity index (χ4n) is 3.17. The van der Waals surface area contributed by atoms with Gasteiger partial charge >= 0.3 is 5.97 Å². The molecular formula is C20H27NO4. The Morgan fingerprint density at radius 3 is 2.60 bits per heavy atom. The first-order chi connectivity index (χ1) is 12.0. The number of anilines is 1. The van der Waals surface area contributed by atoms with Crippen LogP contribution in [-0.4, -0.2) is 23.8 Å². The lowest BCUT2D eigenvalue weighted by Gasteiger charge is -2.21. The summed E-state index contributed by atoms with van der Waals surface area (Å²) in [6.45, 7) is 3.03. The number of amides is 1. The second-order valence-corrected chi connectivity index (χ2v) is 6.80. The molecule has 0 aromatic heterocycles. The summed E-state index contributed by atoms with van der Waals surface area (Å²) in [5.41, 5.74) is 1.04. The van der Waals surface area contributed by atoms with Gasteiger partial charge in [0.1, 0.15) is 0 Å². The van der Waals surface area contributed by atoms with E-state index in [0.29, 0.717) is 23.6 Å². The molecule has 1 aromatic rings. The molecule has 5 nitrogen and oxygen atoms in total. The van der Waals surface area contributed by atoms with Crippen molar-refractivity contribution in [3.63, 3.8) is 0 Å². The van der Waals surface area contributed by atoms with Gasteiger partial charge in [-0.1, -0.05) is 44.2 Å². The molecule has 0 bridgehead atoms. The number of carbonyl (C=O) groups excluding carboxylic acids is 3. The summed E-state index contributed by atoms with van der Waals surface area (Å²) in [6, 6.07) is 6.69. The van der Waals surface area contributed by atoms with Gasteiger partial charge in [-0.3, -0.25) is 14.4 Å². The molecule has 0 unspecified atom stereocenters. The van der Waals surface area contributed by atoms with Gasteiger partial charge in [-0.15, -0.1) is 0 Å². The number of ketones is 1. The molecule has 1 amide bonds. The molecule has 1 N–H and O–H groups in total. The summed E-state index contributed by atoms with van der Waals surface area (Å²) in [4.78, 5) is 35.5. The lowest BCUT2D eigenvalue weighted by atomic mass is 9.86. The Hall–Kier alpha value is -2.17. The van der Waals surface area contributed by atoms with Crippen molar-refractivity contribution in [2.75, 3.05) is 5.32 Å². The molecule has 1 aromatic carbocycles. The molecule has 0 aliphatic heterocycles. The number of hydrogen-bond donors (Lipinski definition) is 1. The van der Waals surface area contributed by atoms with Gasteiger partial charge in [0.05, 0.1) is 0 Å². The lowest BCUT2D eigenvalue weighted by Crippen LogP contribution is -2.30. The van der Waals surface area contributed by atoms with Crippen molar-refractivity contribution >= 4 is 23.3 Å². The molecule has 5 heteroatoms. The van der Waals surface area contributed by atoms with Crippen LogP contribution in [0.4, 0.5) is 5.69 Å². The van der Waals surface area contributed by atoms with Crippen LogP contribution >= 0.6 is 0 Å². The smallest absolute Gasteiger partial charge is 0.306 e. The minimum absolute atomic E-state index is 0.0710.